The summed E-state index contributed by atoms with van der Waals surface area (Å²) in [7, 11) is 0. The van der Waals surface area contributed by atoms with Crippen molar-refractivity contribution in [2.75, 3.05) is 0 Å². The van der Waals surface area contributed by atoms with E-state index in [4.69, 9.17) is 9.47 Å². The Kier molecular flexibility index (Phi) is 4.71. The number of carbonyl (C=O) groups is 3. The molecular formula is C23H32O5. The summed E-state index contributed by atoms with van der Waals surface area (Å²) in [4.78, 5) is 36.2. The Morgan fingerprint density at radius 1 is 0.964 bits per heavy atom. The van der Waals surface area contributed by atoms with Crippen LogP contribution in [0.2, 0.25) is 0 Å². The normalized spacial score (nSPS) is 44.6. The second kappa shape index (κ2) is 6.70. The minimum atomic E-state index is -0.245. The van der Waals surface area contributed by atoms with Crippen LogP contribution in [-0.4, -0.2) is 29.9 Å². The van der Waals surface area contributed by atoms with Gasteiger partial charge in [0.2, 0.25) is 0 Å². The maximum absolute atomic E-state index is 13.3. The molecule has 0 saturated heterocycles. The zero-order valence-corrected chi connectivity index (χ0v) is 17.5. The van der Waals surface area contributed by atoms with E-state index in [2.05, 4.69) is 13.8 Å². The number of ether oxygens (including phenoxy) is 2. The first-order valence-corrected chi connectivity index (χ1v) is 10.7. The van der Waals surface area contributed by atoms with Gasteiger partial charge in [0.05, 0.1) is 0 Å². The lowest BCUT2D eigenvalue weighted by atomic mass is 9.47. The van der Waals surface area contributed by atoms with E-state index < -0.39 is 0 Å². The van der Waals surface area contributed by atoms with Gasteiger partial charge < -0.3 is 9.47 Å². The van der Waals surface area contributed by atoms with Crippen LogP contribution in [0.15, 0.2) is 11.6 Å². The van der Waals surface area contributed by atoms with Gasteiger partial charge in [-0.15, -0.1) is 0 Å². The third-order valence-electron chi connectivity index (χ3n) is 8.45. The number of hydrogen-bond donors (Lipinski definition) is 0. The fraction of sp³-hybridized carbons (Fsp3) is 0.783. The molecule has 0 bridgehead atoms. The van der Waals surface area contributed by atoms with Gasteiger partial charge in [-0.05, 0) is 61.9 Å². The number of rotatable bonds is 2. The van der Waals surface area contributed by atoms with Gasteiger partial charge in [0, 0.05) is 31.6 Å². The van der Waals surface area contributed by atoms with Crippen LogP contribution in [0, 0.1) is 28.6 Å². The molecule has 0 heterocycles. The Morgan fingerprint density at radius 2 is 1.68 bits per heavy atom. The molecule has 4 rings (SSSR count). The second-order valence-electron chi connectivity index (χ2n) is 9.92. The Hall–Kier alpha value is -1.65. The number of hydrogen-bond acceptors (Lipinski definition) is 5. The molecule has 0 amide bonds. The lowest BCUT2D eigenvalue weighted by molar-refractivity contribution is -0.158. The topological polar surface area (TPSA) is 69.7 Å². The van der Waals surface area contributed by atoms with Crippen molar-refractivity contribution in [1.29, 1.82) is 0 Å². The third-order valence-corrected chi connectivity index (χ3v) is 8.45. The Labute approximate surface area is 167 Å². The average molecular weight is 389 g/mol. The van der Waals surface area contributed by atoms with Crippen LogP contribution in [0.4, 0.5) is 0 Å². The van der Waals surface area contributed by atoms with Gasteiger partial charge in [0.15, 0.2) is 5.78 Å². The molecule has 0 aliphatic heterocycles. The zero-order valence-electron chi connectivity index (χ0n) is 17.5. The Bertz CT molecular complexity index is 739. The van der Waals surface area contributed by atoms with Gasteiger partial charge in [-0.25, -0.2) is 0 Å². The molecule has 7 atom stereocenters. The van der Waals surface area contributed by atoms with Gasteiger partial charge in [-0.3, -0.25) is 14.4 Å². The van der Waals surface area contributed by atoms with Gasteiger partial charge in [0.1, 0.15) is 12.2 Å². The molecule has 154 valence electrons. The van der Waals surface area contributed by atoms with Gasteiger partial charge in [-0.1, -0.05) is 19.4 Å². The molecule has 0 radical (unpaired) electrons. The summed E-state index contributed by atoms with van der Waals surface area (Å²) in [6, 6.07) is 0. The molecule has 0 unspecified atom stereocenters. The fourth-order valence-electron chi connectivity index (χ4n) is 7.05. The number of fused-ring (bicyclic) bond motifs is 5. The van der Waals surface area contributed by atoms with Crippen LogP contribution >= 0.6 is 0 Å². The fourth-order valence-corrected chi connectivity index (χ4v) is 7.05. The van der Waals surface area contributed by atoms with E-state index in [9.17, 15) is 14.4 Å². The quantitative estimate of drug-likeness (QED) is 0.669. The van der Waals surface area contributed by atoms with Crippen molar-refractivity contribution in [2.24, 2.45) is 28.6 Å². The average Bonchev–Trinajstić information content (AvgIpc) is 2.92. The van der Waals surface area contributed by atoms with Gasteiger partial charge in [-0.2, -0.15) is 0 Å². The van der Waals surface area contributed by atoms with E-state index in [-0.39, 0.29) is 52.6 Å². The summed E-state index contributed by atoms with van der Waals surface area (Å²) in [5.74, 6) is 0.419. The van der Waals surface area contributed by atoms with E-state index in [0.29, 0.717) is 12.3 Å². The van der Waals surface area contributed by atoms with E-state index in [0.717, 1.165) is 38.5 Å². The highest BCUT2D eigenvalue weighted by Crippen LogP contribution is 2.64. The molecule has 0 aromatic carbocycles. The molecule has 3 fully saturated rings. The largest absolute Gasteiger partial charge is 0.462 e. The summed E-state index contributed by atoms with van der Waals surface area (Å²) in [6.45, 7) is 7.46. The highest BCUT2D eigenvalue weighted by atomic mass is 16.5. The molecular weight excluding hydrogens is 356 g/mol. The van der Waals surface area contributed by atoms with Crippen molar-refractivity contribution in [3.8, 4) is 0 Å². The minimum absolute atomic E-state index is 0.01000. The molecule has 5 heteroatoms. The monoisotopic (exact) mass is 388 g/mol. The van der Waals surface area contributed by atoms with Crippen LogP contribution < -0.4 is 0 Å². The summed E-state index contributed by atoms with van der Waals surface area (Å²) >= 11 is 0. The number of allylic oxidation sites excluding steroid dienone is 1. The van der Waals surface area contributed by atoms with Crippen molar-refractivity contribution in [1.82, 2.24) is 0 Å². The summed E-state index contributed by atoms with van der Waals surface area (Å²) < 4.78 is 11.1. The molecule has 28 heavy (non-hydrogen) atoms. The van der Waals surface area contributed by atoms with Crippen LogP contribution in [0.3, 0.4) is 0 Å². The molecule has 4 aliphatic carbocycles. The predicted molar refractivity (Wildman–Crippen MR) is 103 cm³/mol. The van der Waals surface area contributed by atoms with E-state index in [1.165, 1.54) is 19.4 Å². The standard InChI is InChI=1S/C23H32O5/c1-13(24)27-16-7-9-22(3)15(11-16)12-19(26)21-17-5-6-20(28-14(2)25)23(17,4)10-8-18(21)22/h12,16-18,20-21H,5-11H2,1-4H3/t16-,17-,18-,20+,21+,22-,23-/m1/s1. The van der Waals surface area contributed by atoms with Crippen molar-refractivity contribution in [3.63, 3.8) is 0 Å². The van der Waals surface area contributed by atoms with Gasteiger partial charge in [0.25, 0.3) is 0 Å². The minimum Gasteiger partial charge on any atom is -0.462 e. The number of esters is 2. The first-order valence-electron chi connectivity index (χ1n) is 10.7. The highest BCUT2D eigenvalue weighted by molar-refractivity contribution is 5.94. The smallest absolute Gasteiger partial charge is 0.302 e. The third kappa shape index (κ3) is 2.93. The zero-order chi connectivity index (χ0) is 20.3. The first-order chi connectivity index (χ1) is 13.1. The summed E-state index contributed by atoms with van der Waals surface area (Å²) in [5.41, 5.74) is 1.09. The number of ketones is 1. The van der Waals surface area contributed by atoms with Crippen LogP contribution in [-0.2, 0) is 23.9 Å². The summed E-state index contributed by atoms with van der Waals surface area (Å²) in [5, 5.41) is 0. The Balaban J connectivity index is 1.62. The van der Waals surface area contributed by atoms with E-state index >= 15 is 0 Å². The molecule has 0 aromatic rings. The van der Waals surface area contributed by atoms with Gasteiger partial charge >= 0.3 is 11.9 Å². The first kappa shape index (κ1) is 19.7. The lowest BCUT2D eigenvalue weighted by Gasteiger charge is -2.56. The lowest BCUT2D eigenvalue weighted by Crippen LogP contribution is -2.54. The van der Waals surface area contributed by atoms with Crippen molar-refractivity contribution >= 4 is 17.7 Å². The van der Waals surface area contributed by atoms with Crippen molar-refractivity contribution < 1.29 is 23.9 Å². The summed E-state index contributed by atoms with van der Waals surface area (Å²) in [6.07, 6.45) is 8.02. The molecule has 0 N–H and O–H groups in total. The SMILES string of the molecule is CC(=O)O[C@@H]1CC[C@]2(C)C(=CC(=O)[C@H]3[C@H]4CC[C@H](OC(C)=O)[C@]4(C)CC[C@H]32)C1. The highest BCUT2D eigenvalue weighted by Gasteiger charge is 2.61. The maximum atomic E-state index is 13.3. The molecule has 3 saturated carbocycles. The van der Waals surface area contributed by atoms with E-state index in [1.54, 1.807) is 0 Å². The van der Waals surface area contributed by atoms with Crippen molar-refractivity contribution in [2.45, 2.75) is 84.8 Å². The van der Waals surface area contributed by atoms with Crippen molar-refractivity contribution in [3.05, 3.63) is 11.6 Å². The van der Waals surface area contributed by atoms with Crippen LogP contribution in [0.5, 0.6) is 0 Å². The maximum Gasteiger partial charge on any atom is 0.302 e. The molecule has 4 aliphatic rings. The second-order valence-corrected chi connectivity index (χ2v) is 9.92. The predicted octanol–water partition coefficient (Wildman–Crippen LogP) is 3.99. The molecule has 0 aromatic heterocycles. The molecule has 0 spiro atoms. The van der Waals surface area contributed by atoms with E-state index in [1.807, 2.05) is 6.08 Å². The molecule has 5 nitrogen and oxygen atoms in total. The Morgan fingerprint density at radius 3 is 2.36 bits per heavy atom. The van der Waals surface area contributed by atoms with Crippen LogP contribution in [0.1, 0.15) is 72.6 Å². The van der Waals surface area contributed by atoms with Crippen LogP contribution in [0.25, 0.3) is 0 Å². The number of carbonyl (C=O) groups excluding carboxylic acids is 3.